The highest BCUT2D eigenvalue weighted by Gasteiger charge is 2.15. The van der Waals surface area contributed by atoms with Gasteiger partial charge in [-0.05, 0) is 73.4 Å². The first kappa shape index (κ1) is 37.4. The summed E-state index contributed by atoms with van der Waals surface area (Å²) in [7, 11) is 0. The minimum atomic E-state index is 0.966. The van der Waals surface area contributed by atoms with Gasteiger partial charge in [0.2, 0.25) is 0 Å². The van der Waals surface area contributed by atoms with Gasteiger partial charge >= 0.3 is 0 Å². The van der Waals surface area contributed by atoms with E-state index in [-0.39, 0.29) is 0 Å². The van der Waals surface area contributed by atoms with E-state index in [0.29, 0.717) is 0 Å². The van der Waals surface area contributed by atoms with E-state index in [2.05, 4.69) is 63.2 Å². The quantitative estimate of drug-likeness (QED) is 0.0856. The summed E-state index contributed by atoms with van der Waals surface area (Å²) in [5.41, 5.74) is 4.78. The highest BCUT2D eigenvalue weighted by molar-refractivity contribution is 5.47. The number of ether oxygens (including phenoxy) is 1. The summed E-state index contributed by atoms with van der Waals surface area (Å²) in [5.74, 6) is 2.08. The van der Waals surface area contributed by atoms with Gasteiger partial charge in [-0.25, -0.2) is 0 Å². The van der Waals surface area contributed by atoms with Gasteiger partial charge in [-0.2, -0.15) is 0 Å². The lowest BCUT2D eigenvalue weighted by atomic mass is 9.89. The second kappa shape index (κ2) is 26.6. The van der Waals surface area contributed by atoms with Crippen LogP contribution < -0.4 is 4.74 Å². The van der Waals surface area contributed by atoms with Crippen LogP contribution >= 0.6 is 0 Å². The molecule has 0 unspecified atom stereocenters. The molecule has 0 atom stereocenters. The summed E-state index contributed by atoms with van der Waals surface area (Å²) in [4.78, 5) is 0. The third-order valence-electron chi connectivity index (χ3n) is 9.32. The van der Waals surface area contributed by atoms with Crippen molar-refractivity contribution in [3.8, 4) is 11.5 Å². The molecule has 0 saturated carbocycles. The Labute approximate surface area is 269 Å². The maximum absolute atomic E-state index is 6.60. The van der Waals surface area contributed by atoms with Crippen molar-refractivity contribution in [2.75, 3.05) is 0 Å². The van der Waals surface area contributed by atoms with Crippen molar-refractivity contribution < 1.29 is 4.74 Å². The van der Waals surface area contributed by atoms with Gasteiger partial charge in [-0.3, -0.25) is 0 Å². The van der Waals surface area contributed by atoms with E-state index in [0.717, 1.165) is 17.9 Å². The van der Waals surface area contributed by atoms with Crippen molar-refractivity contribution in [1.82, 2.24) is 0 Å². The second-order valence-corrected chi connectivity index (χ2v) is 13.3. The fourth-order valence-corrected chi connectivity index (χ4v) is 6.57. The third-order valence-corrected chi connectivity index (χ3v) is 9.32. The monoisotopic (exact) mass is 591 g/mol. The fourth-order valence-electron chi connectivity index (χ4n) is 6.57. The number of para-hydroxylation sites is 1. The highest BCUT2D eigenvalue weighted by Crippen LogP contribution is 2.34. The Morgan fingerprint density at radius 1 is 0.372 bits per heavy atom. The topological polar surface area (TPSA) is 9.23 Å². The van der Waals surface area contributed by atoms with Gasteiger partial charge in [-0.15, -0.1) is 0 Å². The van der Waals surface area contributed by atoms with Crippen LogP contribution in [0.25, 0.3) is 0 Å². The SMILES string of the molecule is CCCCCCCCCCc1ccc(Oc2ccccc2)c(CCCCCCCCCC)c1CCCCCCCCCC. The molecule has 2 aromatic carbocycles. The Morgan fingerprint density at radius 3 is 1.23 bits per heavy atom. The maximum Gasteiger partial charge on any atom is 0.130 e. The first-order chi connectivity index (χ1) is 21.3. The van der Waals surface area contributed by atoms with Crippen molar-refractivity contribution in [1.29, 1.82) is 0 Å². The van der Waals surface area contributed by atoms with E-state index in [4.69, 9.17) is 4.74 Å². The van der Waals surface area contributed by atoms with E-state index < -0.39 is 0 Å². The zero-order valence-corrected chi connectivity index (χ0v) is 29.0. The zero-order chi connectivity index (χ0) is 30.6. The molecule has 0 aromatic heterocycles. The number of hydrogen-bond acceptors (Lipinski definition) is 1. The van der Waals surface area contributed by atoms with E-state index in [1.807, 2.05) is 0 Å². The molecule has 2 rings (SSSR count). The lowest BCUT2D eigenvalue weighted by molar-refractivity contribution is 0.471. The smallest absolute Gasteiger partial charge is 0.130 e. The van der Waals surface area contributed by atoms with Gasteiger partial charge in [0.05, 0.1) is 0 Å². The highest BCUT2D eigenvalue weighted by atomic mass is 16.5. The number of rotatable bonds is 29. The molecular weight excluding hydrogens is 520 g/mol. The number of aryl methyl sites for hydroxylation is 1. The molecule has 43 heavy (non-hydrogen) atoms. The Balaban J connectivity index is 2.08. The number of unbranched alkanes of at least 4 members (excludes halogenated alkanes) is 21. The molecule has 1 heteroatoms. The maximum atomic E-state index is 6.60. The summed E-state index contributed by atoms with van der Waals surface area (Å²) < 4.78 is 6.60. The molecule has 0 fully saturated rings. The Hall–Kier alpha value is -1.76. The molecule has 2 aromatic rings. The molecule has 0 saturated heterocycles. The van der Waals surface area contributed by atoms with Crippen LogP contribution in [0.2, 0.25) is 0 Å². The van der Waals surface area contributed by atoms with Crippen molar-refractivity contribution in [2.24, 2.45) is 0 Å². The zero-order valence-electron chi connectivity index (χ0n) is 29.0. The molecule has 0 aliphatic rings. The van der Waals surface area contributed by atoms with Gasteiger partial charge < -0.3 is 4.74 Å². The van der Waals surface area contributed by atoms with E-state index in [1.54, 1.807) is 11.1 Å². The van der Waals surface area contributed by atoms with Crippen LogP contribution in [0.1, 0.15) is 192 Å². The summed E-state index contributed by atoms with van der Waals surface area (Å²) in [6.45, 7) is 6.93. The van der Waals surface area contributed by atoms with Gasteiger partial charge in [0.25, 0.3) is 0 Å². The molecule has 0 radical (unpaired) electrons. The first-order valence-corrected chi connectivity index (χ1v) is 19.2. The summed E-state index contributed by atoms with van der Waals surface area (Å²) in [5, 5.41) is 0. The molecule has 0 amide bonds. The molecule has 0 heterocycles. The van der Waals surface area contributed by atoms with Gasteiger partial charge in [0.15, 0.2) is 0 Å². The standard InChI is InChI=1S/C42H70O/c1-4-7-10-13-16-19-22-26-31-38-36-37-42(43-39-32-27-25-28-33-39)41(35-30-24-21-18-15-12-9-6-3)40(38)34-29-23-20-17-14-11-8-5-2/h25,27-28,32-33,36-37H,4-24,26,29-31,34-35H2,1-3H3. The van der Waals surface area contributed by atoms with E-state index in [9.17, 15) is 0 Å². The van der Waals surface area contributed by atoms with Crippen LogP contribution in [0, 0.1) is 0 Å². The largest absolute Gasteiger partial charge is 0.457 e. The second-order valence-electron chi connectivity index (χ2n) is 13.3. The summed E-state index contributed by atoms with van der Waals surface area (Å²) >= 11 is 0. The van der Waals surface area contributed by atoms with Crippen LogP contribution in [0.4, 0.5) is 0 Å². The van der Waals surface area contributed by atoms with Crippen LogP contribution in [-0.2, 0) is 19.3 Å². The molecule has 0 N–H and O–H groups in total. The van der Waals surface area contributed by atoms with Crippen molar-refractivity contribution in [3.63, 3.8) is 0 Å². The average molecular weight is 591 g/mol. The average Bonchev–Trinajstić information content (AvgIpc) is 3.03. The predicted molar refractivity (Wildman–Crippen MR) is 192 cm³/mol. The van der Waals surface area contributed by atoms with E-state index in [1.165, 1.54) is 173 Å². The lowest BCUT2D eigenvalue weighted by Gasteiger charge is -2.20. The molecule has 0 aliphatic carbocycles. The van der Waals surface area contributed by atoms with E-state index >= 15 is 0 Å². The summed E-state index contributed by atoms with van der Waals surface area (Å²) in [6.07, 6.45) is 36.7. The molecular formula is C42H70O. The molecule has 0 bridgehead atoms. The summed E-state index contributed by atoms with van der Waals surface area (Å²) in [6, 6.07) is 15.2. The van der Waals surface area contributed by atoms with Crippen LogP contribution in [0.5, 0.6) is 11.5 Å². The van der Waals surface area contributed by atoms with Crippen molar-refractivity contribution >= 4 is 0 Å². The Bertz CT molecular complexity index is 885. The Morgan fingerprint density at radius 2 is 0.767 bits per heavy atom. The molecule has 244 valence electrons. The van der Waals surface area contributed by atoms with Crippen LogP contribution in [0.15, 0.2) is 42.5 Å². The normalized spacial score (nSPS) is 11.3. The third kappa shape index (κ3) is 18.0. The number of hydrogen-bond donors (Lipinski definition) is 0. The van der Waals surface area contributed by atoms with Crippen molar-refractivity contribution in [2.45, 2.75) is 194 Å². The minimum absolute atomic E-state index is 0.966. The first-order valence-electron chi connectivity index (χ1n) is 19.2. The van der Waals surface area contributed by atoms with Gasteiger partial charge in [-0.1, -0.05) is 180 Å². The molecule has 1 nitrogen and oxygen atoms in total. The molecule has 0 spiro atoms. The van der Waals surface area contributed by atoms with Crippen LogP contribution in [0.3, 0.4) is 0 Å². The van der Waals surface area contributed by atoms with Gasteiger partial charge in [0.1, 0.15) is 11.5 Å². The number of benzene rings is 2. The predicted octanol–water partition coefficient (Wildman–Crippen LogP) is 14.5. The van der Waals surface area contributed by atoms with Gasteiger partial charge in [0, 0.05) is 0 Å². The Kier molecular flexibility index (Phi) is 23.2. The fraction of sp³-hybridized carbons (Fsp3) is 0.714. The van der Waals surface area contributed by atoms with Crippen LogP contribution in [-0.4, -0.2) is 0 Å². The lowest BCUT2D eigenvalue weighted by Crippen LogP contribution is -2.05. The minimum Gasteiger partial charge on any atom is -0.457 e. The van der Waals surface area contributed by atoms with Crippen molar-refractivity contribution in [3.05, 3.63) is 59.2 Å². The molecule has 0 aliphatic heterocycles.